The molecule has 1 atom stereocenters. The third-order valence-electron chi connectivity index (χ3n) is 3.85. The number of aromatic nitrogens is 1. The number of nitrogens with zero attached hydrogens (tertiary/aromatic N) is 1. The number of para-hydroxylation sites is 1. The second kappa shape index (κ2) is 7.60. The first-order chi connectivity index (χ1) is 12.0. The third kappa shape index (κ3) is 4.14. The molecule has 0 fully saturated rings. The molecule has 0 radical (unpaired) electrons. The van der Waals surface area contributed by atoms with Gasteiger partial charge in [-0.05, 0) is 52.4 Å². The van der Waals surface area contributed by atoms with Gasteiger partial charge in [0, 0.05) is 21.6 Å². The minimum atomic E-state index is -0.787. The molecule has 6 heteroatoms. The van der Waals surface area contributed by atoms with Gasteiger partial charge in [-0.1, -0.05) is 30.3 Å². The van der Waals surface area contributed by atoms with Gasteiger partial charge in [-0.15, -0.1) is 0 Å². The Labute approximate surface area is 158 Å². The Bertz CT molecular complexity index is 937. The average molecular weight is 445 g/mol. The molecule has 0 aliphatic rings. The molecule has 0 saturated carbocycles. The number of pyridine rings is 1. The van der Waals surface area contributed by atoms with Crippen LogP contribution in [0.1, 0.15) is 15.9 Å². The first kappa shape index (κ1) is 17.3. The molecule has 25 heavy (non-hydrogen) atoms. The number of amides is 2. The van der Waals surface area contributed by atoms with Gasteiger partial charge in [0.05, 0.1) is 11.1 Å². The highest BCUT2D eigenvalue weighted by Gasteiger charge is 2.21. The number of rotatable bonds is 5. The fourth-order valence-corrected chi connectivity index (χ4v) is 3.25. The van der Waals surface area contributed by atoms with Gasteiger partial charge in [-0.2, -0.15) is 0 Å². The van der Waals surface area contributed by atoms with Gasteiger partial charge in [0.25, 0.3) is 5.91 Å². The molecule has 0 aliphatic carbocycles. The van der Waals surface area contributed by atoms with Crippen molar-refractivity contribution in [1.82, 2.24) is 10.3 Å². The highest BCUT2D eigenvalue weighted by atomic mass is 127. The van der Waals surface area contributed by atoms with E-state index in [0.29, 0.717) is 17.5 Å². The molecule has 2 amide bonds. The summed E-state index contributed by atoms with van der Waals surface area (Å²) in [4.78, 5) is 28.8. The van der Waals surface area contributed by atoms with Crippen LogP contribution >= 0.6 is 22.6 Å². The largest absolute Gasteiger partial charge is 0.368 e. The van der Waals surface area contributed by atoms with Gasteiger partial charge in [-0.25, -0.2) is 0 Å². The predicted molar refractivity (Wildman–Crippen MR) is 105 cm³/mol. The predicted octanol–water partition coefficient (Wildman–Crippen LogP) is 2.67. The molecule has 0 bridgehead atoms. The van der Waals surface area contributed by atoms with E-state index in [9.17, 15) is 9.59 Å². The second-order valence-corrected chi connectivity index (χ2v) is 6.89. The van der Waals surface area contributed by atoms with Crippen LogP contribution in [0, 0.1) is 3.57 Å². The first-order valence-corrected chi connectivity index (χ1v) is 8.81. The van der Waals surface area contributed by atoms with Crippen LogP contribution in [0.25, 0.3) is 10.9 Å². The van der Waals surface area contributed by atoms with Crippen molar-refractivity contribution in [3.63, 3.8) is 0 Å². The molecule has 1 heterocycles. The fraction of sp³-hybridized carbons (Fsp3) is 0.105. The summed E-state index contributed by atoms with van der Waals surface area (Å²) < 4.78 is 1.06. The molecule has 3 N–H and O–H groups in total. The number of hydrogen-bond donors (Lipinski definition) is 2. The van der Waals surface area contributed by atoms with Crippen molar-refractivity contribution in [1.29, 1.82) is 0 Å². The lowest BCUT2D eigenvalue weighted by Crippen LogP contribution is -2.45. The van der Waals surface area contributed by atoms with Crippen LogP contribution in [-0.2, 0) is 11.2 Å². The minimum absolute atomic E-state index is 0.343. The Hall–Kier alpha value is -2.48. The maximum atomic E-state index is 12.7. The summed E-state index contributed by atoms with van der Waals surface area (Å²) in [5.41, 5.74) is 7.45. The van der Waals surface area contributed by atoms with E-state index in [0.717, 1.165) is 14.5 Å². The molecule has 1 aromatic heterocycles. The van der Waals surface area contributed by atoms with Crippen molar-refractivity contribution < 1.29 is 9.59 Å². The van der Waals surface area contributed by atoms with Crippen molar-refractivity contribution in [3.05, 3.63) is 75.5 Å². The Morgan fingerprint density at radius 2 is 1.88 bits per heavy atom. The highest BCUT2D eigenvalue weighted by molar-refractivity contribution is 14.1. The molecule has 3 rings (SSSR count). The molecule has 0 unspecified atom stereocenters. The van der Waals surface area contributed by atoms with E-state index >= 15 is 0 Å². The van der Waals surface area contributed by atoms with Crippen LogP contribution in [0.4, 0.5) is 0 Å². The van der Waals surface area contributed by atoms with Gasteiger partial charge < -0.3 is 11.1 Å². The van der Waals surface area contributed by atoms with E-state index in [1.807, 2.05) is 42.5 Å². The van der Waals surface area contributed by atoms with Gasteiger partial charge >= 0.3 is 0 Å². The van der Waals surface area contributed by atoms with Gasteiger partial charge in [0.1, 0.15) is 6.04 Å². The zero-order chi connectivity index (χ0) is 17.8. The van der Waals surface area contributed by atoms with Gasteiger partial charge in [0.15, 0.2) is 0 Å². The Morgan fingerprint density at radius 1 is 1.12 bits per heavy atom. The van der Waals surface area contributed by atoms with E-state index in [4.69, 9.17) is 5.73 Å². The quantitative estimate of drug-likeness (QED) is 0.593. The van der Waals surface area contributed by atoms with E-state index in [-0.39, 0.29) is 5.91 Å². The molecule has 126 valence electrons. The van der Waals surface area contributed by atoms with E-state index in [2.05, 4.69) is 32.9 Å². The number of nitrogens with one attached hydrogen (secondary N) is 1. The second-order valence-electron chi connectivity index (χ2n) is 5.64. The molecule has 5 nitrogen and oxygen atoms in total. The number of nitrogens with two attached hydrogens (primary N) is 1. The summed E-state index contributed by atoms with van der Waals surface area (Å²) in [5, 5.41) is 3.60. The lowest BCUT2D eigenvalue weighted by Gasteiger charge is -2.16. The van der Waals surface area contributed by atoms with Crippen molar-refractivity contribution in [2.24, 2.45) is 5.73 Å². The zero-order valence-electron chi connectivity index (χ0n) is 13.3. The van der Waals surface area contributed by atoms with E-state index in [1.165, 1.54) is 0 Å². The summed E-state index contributed by atoms with van der Waals surface area (Å²) in [6.45, 7) is 0. The van der Waals surface area contributed by atoms with Crippen LogP contribution in [-0.4, -0.2) is 22.8 Å². The van der Waals surface area contributed by atoms with Crippen molar-refractivity contribution in [2.45, 2.75) is 12.5 Å². The normalized spacial score (nSPS) is 11.9. The minimum Gasteiger partial charge on any atom is -0.368 e. The molecular weight excluding hydrogens is 429 g/mol. The summed E-state index contributed by atoms with van der Waals surface area (Å²) in [5.74, 6) is -0.931. The molecule has 2 aromatic carbocycles. The summed E-state index contributed by atoms with van der Waals surface area (Å²) >= 11 is 2.20. The number of carbonyl (C=O) groups excluding carboxylic acids is 2. The number of halogens is 1. The van der Waals surface area contributed by atoms with Gasteiger partial charge in [0.2, 0.25) is 5.91 Å². The summed E-state index contributed by atoms with van der Waals surface area (Å²) in [6.07, 6.45) is 1.98. The average Bonchev–Trinajstić information content (AvgIpc) is 2.60. The van der Waals surface area contributed by atoms with E-state index in [1.54, 1.807) is 18.3 Å². The lowest BCUT2D eigenvalue weighted by molar-refractivity contribution is -0.119. The number of fused-ring (bicyclic) bond motifs is 1. The van der Waals surface area contributed by atoms with E-state index < -0.39 is 11.9 Å². The summed E-state index contributed by atoms with van der Waals surface area (Å²) in [7, 11) is 0. The fourth-order valence-electron chi connectivity index (χ4n) is 2.65. The molecule has 0 spiro atoms. The van der Waals surface area contributed by atoms with Crippen LogP contribution in [0.2, 0.25) is 0 Å². The van der Waals surface area contributed by atoms with Crippen LogP contribution < -0.4 is 11.1 Å². The SMILES string of the molecule is NC(=O)[C@H](Cc1cccc(I)c1)NC(=O)c1cccc2cccnc12. The van der Waals surface area contributed by atoms with Crippen molar-refractivity contribution in [3.8, 4) is 0 Å². The molecule has 0 aliphatic heterocycles. The van der Waals surface area contributed by atoms with Gasteiger partial charge in [-0.3, -0.25) is 14.6 Å². The van der Waals surface area contributed by atoms with Crippen LogP contribution in [0.15, 0.2) is 60.8 Å². The topological polar surface area (TPSA) is 85.1 Å². The first-order valence-electron chi connectivity index (χ1n) is 7.73. The molecular formula is C19H16IN3O2. The number of primary amides is 1. The highest BCUT2D eigenvalue weighted by Crippen LogP contribution is 2.16. The number of benzene rings is 2. The Balaban J connectivity index is 1.84. The summed E-state index contributed by atoms with van der Waals surface area (Å²) in [6, 6.07) is 16.0. The Morgan fingerprint density at radius 3 is 2.64 bits per heavy atom. The number of carbonyl (C=O) groups is 2. The zero-order valence-corrected chi connectivity index (χ0v) is 15.4. The van der Waals surface area contributed by atoms with Crippen LogP contribution in [0.5, 0.6) is 0 Å². The van der Waals surface area contributed by atoms with Crippen molar-refractivity contribution >= 4 is 45.3 Å². The number of hydrogen-bond acceptors (Lipinski definition) is 3. The monoisotopic (exact) mass is 445 g/mol. The van der Waals surface area contributed by atoms with Crippen LogP contribution in [0.3, 0.4) is 0 Å². The third-order valence-corrected chi connectivity index (χ3v) is 4.53. The smallest absolute Gasteiger partial charge is 0.254 e. The molecule has 0 saturated heterocycles. The Kier molecular flexibility index (Phi) is 5.28. The molecule has 3 aromatic rings. The van der Waals surface area contributed by atoms with Crippen molar-refractivity contribution in [2.75, 3.05) is 0 Å². The maximum absolute atomic E-state index is 12.7. The standard InChI is InChI=1S/C19H16IN3O2/c20-14-7-1-4-12(10-14)11-16(18(21)24)23-19(25)15-8-2-5-13-6-3-9-22-17(13)15/h1-10,16H,11H2,(H2,21,24)(H,23,25)/t16-/m0/s1. The lowest BCUT2D eigenvalue weighted by atomic mass is 10.0. The maximum Gasteiger partial charge on any atom is 0.254 e.